The SMILES string of the molecule is Cc1cc(C)c(C(O)C(N)C(=O)O)c(C)c1. The molecular weight excluding hydrogens is 206 g/mol. The van der Waals surface area contributed by atoms with Gasteiger partial charge in [-0.1, -0.05) is 17.7 Å². The summed E-state index contributed by atoms with van der Waals surface area (Å²) < 4.78 is 0. The highest BCUT2D eigenvalue weighted by atomic mass is 16.4. The topological polar surface area (TPSA) is 83.5 Å². The molecule has 0 heterocycles. The molecule has 2 atom stereocenters. The van der Waals surface area contributed by atoms with Crippen LogP contribution < -0.4 is 5.73 Å². The van der Waals surface area contributed by atoms with Crippen molar-refractivity contribution in [2.45, 2.75) is 32.9 Å². The number of aliphatic hydroxyl groups is 1. The van der Waals surface area contributed by atoms with Crippen molar-refractivity contribution in [3.05, 3.63) is 34.4 Å². The van der Waals surface area contributed by atoms with Crippen molar-refractivity contribution in [1.82, 2.24) is 0 Å². The van der Waals surface area contributed by atoms with Crippen molar-refractivity contribution in [2.24, 2.45) is 5.73 Å². The molecule has 0 aromatic heterocycles. The average molecular weight is 223 g/mol. The lowest BCUT2D eigenvalue weighted by Gasteiger charge is -2.20. The van der Waals surface area contributed by atoms with Gasteiger partial charge in [-0.05, 0) is 37.5 Å². The van der Waals surface area contributed by atoms with Crippen LogP contribution in [0, 0.1) is 20.8 Å². The Labute approximate surface area is 94.7 Å². The molecule has 16 heavy (non-hydrogen) atoms. The van der Waals surface area contributed by atoms with Crippen molar-refractivity contribution in [3.63, 3.8) is 0 Å². The Morgan fingerprint density at radius 3 is 2.06 bits per heavy atom. The molecule has 0 spiro atoms. The van der Waals surface area contributed by atoms with Gasteiger partial charge in [-0.3, -0.25) is 4.79 Å². The number of rotatable bonds is 3. The highest BCUT2D eigenvalue weighted by Gasteiger charge is 2.26. The molecule has 4 nitrogen and oxygen atoms in total. The Balaban J connectivity index is 3.18. The lowest BCUT2D eigenvalue weighted by Crippen LogP contribution is -2.37. The van der Waals surface area contributed by atoms with Crippen LogP contribution in [0.25, 0.3) is 0 Å². The molecule has 0 aliphatic heterocycles. The molecule has 0 amide bonds. The van der Waals surface area contributed by atoms with Gasteiger partial charge in [0.1, 0.15) is 12.1 Å². The predicted molar refractivity (Wildman–Crippen MR) is 61.2 cm³/mol. The van der Waals surface area contributed by atoms with Gasteiger partial charge in [0.2, 0.25) is 0 Å². The first-order valence-corrected chi connectivity index (χ1v) is 5.08. The fraction of sp³-hybridized carbons (Fsp3) is 0.417. The normalized spacial score (nSPS) is 14.6. The predicted octanol–water partition coefficient (Wildman–Crippen LogP) is 1.06. The first kappa shape index (κ1) is 12.7. The van der Waals surface area contributed by atoms with E-state index in [1.165, 1.54) is 0 Å². The molecule has 0 saturated heterocycles. The number of nitrogens with two attached hydrogens (primary N) is 1. The second kappa shape index (κ2) is 4.63. The third-order valence-corrected chi connectivity index (χ3v) is 2.66. The summed E-state index contributed by atoms with van der Waals surface area (Å²) in [5.41, 5.74) is 8.83. The van der Waals surface area contributed by atoms with Crippen LogP contribution in [-0.4, -0.2) is 22.2 Å². The number of aliphatic carboxylic acids is 1. The van der Waals surface area contributed by atoms with Crippen LogP contribution in [0.3, 0.4) is 0 Å². The number of carboxylic acids is 1. The molecule has 88 valence electrons. The fourth-order valence-corrected chi connectivity index (χ4v) is 1.97. The van der Waals surface area contributed by atoms with Crippen molar-refractivity contribution in [2.75, 3.05) is 0 Å². The van der Waals surface area contributed by atoms with Gasteiger partial charge in [-0.25, -0.2) is 0 Å². The van der Waals surface area contributed by atoms with Crippen LogP contribution >= 0.6 is 0 Å². The third kappa shape index (κ3) is 2.40. The summed E-state index contributed by atoms with van der Waals surface area (Å²) in [4.78, 5) is 10.7. The molecule has 0 aliphatic carbocycles. The molecule has 0 aliphatic rings. The summed E-state index contributed by atoms with van der Waals surface area (Å²) >= 11 is 0. The monoisotopic (exact) mass is 223 g/mol. The standard InChI is InChI=1S/C12H17NO3/c1-6-4-7(2)9(8(3)5-6)11(14)10(13)12(15)16/h4-5,10-11,14H,13H2,1-3H3,(H,15,16). The molecular formula is C12H17NO3. The quantitative estimate of drug-likeness (QED) is 0.715. The van der Waals surface area contributed by atoms with Crippen molar-refractivity contribution >= 4 is 5.97 Å². The minimum atomic E-state index is -1.29. The van der Waals surface area contributed by atoms with Gasteiger partial charge in [-0.15, -0.1) is 0 Å². The van der Waals surface area contributed by atoms with Gasteiger partial charge in [0.25, 0.3) is 0 Å². The smallest absolute Gasteiger partial charge is 0.323 e. The second-order valence-corrected chi connectivity index (χ2v) is 4.12. The van der Waals surface area contributed by atoms with E-state index in [1.807, 2.05) is 32.9 Å². The Morgan fingerprint density at radius 2 is 1.69 bits per heavy atom. The Bertz CT molecular complexity index is 392. The summed E-state index contributed by atoms with van der Waals surface area (Å²) in [5, 5.41) is 18.7. The number of aryl methyl sites for hydroxylation is 3. The van der Waals surface area contributed by atoms with E-state index in [-0.39, 0.29) is 0 Å². The summed E-state index contributed by atoms with van der Waals surface area (Å²) in [5.74, 6) is -1.20. The van der Waals surface area contributed by atoms with Crippen LogP contribution in [-0.2, 0) is 4.79 Å². The molecule has 4 N–H and O–H groups in total. The summed E-state index contributed by atoms with van der Waals surface area (Å²) in [6, 6.07) is 2.51. The molecule has 1 aromatic carbocycles. The highest BCUT2D eigenvalue weighted by Crippen LogP contribution is 2.25. The molecule has 1 rings (SSSR count). The zero-order valence-electron chi connectivity index (χ0n) is 9.69. The minimum Gasteiger partial charge on any atom is -0.480 e. The molecule has 0 saturated carbocycles. The molecule has 0 bridgehead atoms. The van der Waals surface area contributed by atoms with Crippen molar-refractivity contribution in [3.8, 4) is 0 Å². The van der Waals surface area contributed by atoms with Crippen molar-refractivity contribution < 1.29 is 15.0 Å². The maximum Gasteiger partial charge on any atom is 0.323 e. The zero-order valence-corrected chi connectivity index (χ0v) is 9.69. The van der Waals surface area contributed by atoms with Crippen LogP contribution in [0.5, 0.6) is 0 Å². The van der Waals surface area contributed by atoms with Crippen LogP contribution in [0.15, 0.2) is 12.1 Å². The van der Waals surface area contributed by atoms with Crippen LogP contribution in [0.2, 0.25) is 0 Å². The number of aliphatic hydroxyl groups excluding tert-OH is 1. The maximum atomic E-state index is 10.7. The molecule has 0 radical (unpaired) electrons. The van der Waals surface area contributed by atoms with E-state index < -0.39 is 18.1 Å². The number of carboxylic acid groups (broad SMARTS) is 1. The van der Waals surface area contributed by atoms with Gasteiger partial charge in [0.15, 0.2) is 0 Å². The minimum absolute atomic E-state index is 0.612. The molecule has 1 aromatic rings. The van der Waals surface area contributed by atoms with Crippen molar-refractivity contribution in [1.29, 1.82) is 0 Å². The molecule has 4 heteroatoms. The largest absolute Gasteiger partial charge is 0.480 e. The van der Waals surface area contributed by atoms with Crippen LogP contribution in [0.4, 0.5) is 0 Å². The molecule has 0 fully saturated rings. The zero-order chi connectivity index (χ0) is 12.5. The van der Waals surface area contributed by atoms with E-state index in [2.05, 4.69) is 0 Å². The maximum absolute atomic E-state index is 10.7. The summed E-state index contributed by atoms with van der Waals surface area (Å²) in [6.07, 6.45) is -1.17. The van der Waals surface area contributed by atoms with Crippen LogP contribution in [0.1, 0.15) is 28.4 Å². The van der Waals surface area contributed by atoms with E-state index in [9.17, 15) is 9.90 Å². The van der Waals surface area contributed by atoms with E-state index >= 15 is 0 Å². The average Bonchev–Trinajstić information content (AvgIpc) is 2.14. The molecule has 2 unspecified atom stereocenters. The highest BCUT2D eigenvalue weighted by molar-refractivity contribution is 5.74. The van der Waals surface area contributed by atoms with E-state index in [4.69, 9.17) is 10.8 Å². The van der Waals surface area contributed by atoms with Gasteiger partial charge in [0.05, 0.1) is 0 Å². The van der Waals surface area contributed by atoms with E-state index in [0.717, 1.165) is 16.7 Å². The summed E-state index contributed by atoms with van der Waals surface area (Å²) in [7, 11) is 0. The van der Waals surface area contributed by atoms with E-state index in [1.54, 1.807) is 0 Å². The van der Waals surface area contributed by atoms with E-state index in [0.29, 0.717) is 5.56 Å². The Hall–Kier alpha value is -1.39. The third-order valence-electron chi connectivity index (χ3n) is 2.66. The Kier molecular flexibility index (Phi) is 3.67. The summed E-state index contributed by atoms with van der Waals surface area (Å²) in [6.45, 7) is 5.63. The van der Waals surface area contributed by atoms with Gasteiger partial charge in [0, 0.05) is 0 Å². The number of hydrogen-bond donors (Lipinski definition) is 3. The fourth-order valence-electron chi connectivity index (χ4n) is 1.97. The van der Waals surface area contributed by atoms with Gasteiger partial charge in [-0.2, -0.15) is 0 Å². The lowest BCUT2D eigenvalue weighted by molar-refractivity contribution is -0.141. The Morgan fingerprint density at radius 1 is 1.25 bits per heavy atom. The number of hydrogen-bond acceptors (Lipinski definition) is 3. The van der Waals surface area contributed by atoms with Gasteiger partial charge >= 0.3 is 5.97 Å². The lowest BCUT2D eigenvalue weighted by atomic mass is 9.92. The number of benzene rings is 1. The first-order chi connectivity index (χ1) is 7.34. The second-order valence-electron chi connectivity index (χ2n) is 4.12. The first-order valence-electron chi connectivity index (χ1n) is 5.08. The number of carbonyl (C=O) groups is 1. The van der Waals surface area contributed by atoms with Gasteiger partial charge < -0.3 is 15.9 Å².